The Labute approximate surface area is 217 Å². The van der Waals surface area contributed by atoms with E-state index in [9.17, 15) is 24.5 Å². The number of nitro groups is 1. The number of ether oxygens (including phenoxy) is 2. The van der Waals surface area contributed by atoms with Gasteiger partial charge in [0.1, 0.15) is 17.3 Å². The lowest BCUT2D eigenvalue weighted by atomic mass is 10.1. The van der Waals surface area contributed by atoms with E-state index in [1.165, 1.54) is 12.1 Å². The first-order chi connectivity index (χ1) is 18.4. The predicted molar refractivity (Wildman–Crippen MR) is 137 cm³/mol. The van der Waals surface area contributed by atoms with Crippen molar-refractivity contribution >= 4 is 34.1 Å². The smallest absolute Gasteiger partial charge is 0.280 e. The maximum Gasteiger partial charge on any atom is 0.280 e. The van der Waals surface area contributed by atoms with Gasteiger partial charge in [0.15, 0.2) is 0 Å². The van der Waals surface area contributed by atoms with Crippen molar-refractivity contribution in [1.82, 2.24) is 20.3 Å². The van der Waals surface area contributed by atoms with Crippen molar-refractivity contribution in [1.29, 1.82) is 0 Å². The van der Waals surface area contributed by atoms with E-state index < -0.39 is 22.4 Å². The van der Waals surface area contributed by atoms with Crippen molar-refractivity contribution in [3.63, 3.8) is 0 Å². The fraction of sp³-hybridized carbons (Fsp3) is 0.400. The van der Waals surface area contributed by atoms with Crippen LogP contribution in [0.3, 0.4) is 0 Å². The zero-order valence-electron chi connectivity index (χ0n) is 20.6. The number of benzene rings is 2. The molecule has 13 nitrogen and oxygen atoms in total. The number of non-ortho nitro benzene ring substituents is 1. The number of nitro benzene ring substituents is 1. The summed E-state index contributed by atoms with van der Waals surface area (Å²) in [7, 11) is 0. The minimum absolute atomic E-state index is 0.0219. The number of hydrogen-bond donors (Lipinski definition) is 2. The highest BCUT2D eigenvalue weighted by molar-refractivity contribution is 5.99. The molecule has 1 fully saturated rings. The lowest BCUT2D eigenvalue weighted by Gasteiger charge is -2.21. The van der Waals surface area contributed by atoms with Crippen LogP contribution in [0.5, 0.6) is 5.75 Å². The van der Waals surface area contributed by atoms with Crippen molar-refractivity contribution in [2.75, 3.05) is 31.7 Å². The van der Waals surface area contributed by atoms with E-state index in [4.69, 9.17) is 9.47 Å². The fourth-order valence-electron chi connectivity index (χ4n) is 4.04. The summed E-state index contributed by atoms with van der Waals surface area (Å²) in [5.74, 6) is -0.347. The van der Waals surface area contributed by atoms with E-state index >= 15 is 0 Å². The van der Waals surface area contributed by atoms with Crippen LogP contribution in [-0.4, -0.2) is 58.1 Å². The fourth-order valence-corrected chi connectivity index (χ4v) is 4.04. The van der Waals surface area contributed by atoms with Gasteiger partial charge in [0.25, 0.3) is 17.2 Å². The van der Waals surface area contributed by atoms with Crippen molar-refractivity contribution in [2.45, 2.75) is 38.1 Å². The molecule has 38 heavy (non-hydrogen) atoms. The largest absolute Gasteiger partial charge is 0.494 e. The van der Waals surface area contributed by atoms with Gasteiger partial charge in [-0.15, -0.1) is 5.10 Å². The Morgan fingerprint density at radius 2 is 1.84 bits per heavy atom. The third kappa shape index (κ3) is 6.68. The molecule has 1 aromatic heterocycles. The molecule has 2 N–H and O–H groups in total. The highest BCUT2D eigenvalue weighted by Gasteiger charge is 2.30. The molecule has 0 saturated carbocycles. The molecule has 2 heterocycles. The van der Waals surface area contributed by atoms with E-state index in [-0.39, 0.29) is 24.4 Å². The van der Waals surface area contributed by atoms with Gasteiger partial charge in [0.2, 0.25) is 5.91 Å². The number of piperidine rings is 1. The van der Waals surface area contributed by atoms with Crippen molar-refractivity contribution in [3.05, 3.63) is 62.9 Å². The number of nitrogens with one attached hydrogen (secondary N) is 2. The number of anilines is 1. The summed E-state index contributed by atoms with van der Waals surface area (Å²) < 4.78 is 12.2. The van der Waals surface area contributed by atoms with Gasteiger partial charge in [-0.3, -0.25) is 29.8 Å². The molecule has 1 aliphatic rings. The molecule has 0 aliphatic carbocycles. The number of imide groups is 1. The highest BCUT2D eigenvalue weighted by atomic mass is 16.6. The summed E-state index contributed by atoms with van der Waals surface area (Å²) in [6.45, 7) is 2.15. The van der Waals surface area contributed by atoms with E-state index in [1.54, 1.807) is 30.3 Å². The Hall–Kier alpha value is -4.39. The first-order valence-corrected chi connectivity index (χ1v) is 12.3. The van der Waals surface area contributed by atoms with E-state index in [0.717, 1.165) is 17.5 Å². The molecule has 1 saturated heterocycles. The second-order valence-electron chi connectivity index (χ2n) is 8.71. The second kappa shape index (κ2) is 12.7. The number of rotatable bonds is 13. The number of carbonyl (C=O) groups excluding carboxylic acids is 2. The lowest BCUT2D eigenvalue weighted by molar-refractivity contribution is -0.384. The molecule has 200 valence electrons. The number of nitrogens with zero attached hydrogens (tertiary/aromatic N) is 4. The van der Waals surface area contributed by atoms with Crippen molar-refractivity contribution in [2.24, 2.45) is 0 Å². The Morgan fingerprint density at radius 3 is 2.61 bits per heavy atom. The van der Waals surface area contributed by atoms with Crippen LogP contribution in [-0.2, 0) is 14.3 Å². The topological polar surface area (TPSA) is 168 Å². The Kier molecular flexibility index (Phi) is 8.93. The van der Waals surface area contributed by atoms with Gasteiger partial charge >= 0.3 is 0 Å². The number of fused-ring (bicyclic) bond motifs is 1. The molecule has 1 atom stereocenters. The van der Waals surface area contributed by atoms with Gasteiger partial charge in [0.05, 0.1) is 16.9 Å². The lowest BCUT2D eigenvalue weighted by Crippen LogP contribution is -2.45. The number of unbranched alkanes of at least 4 members (excludes halogenated alkanes) is 1. The minimum Gasteiger partial charge on any atom is -0.494 e. The van der Waals surface area contributed by atoms with Gasteiger partial charge in [-0.1, -0.05) is 11.3 Å². The van der Waals surface area contributed by atoms with E-state index in [2.05, 4.69) is 20.9 Å². The van der Waals surface area contributed by atoms with Gasteiger partial charge in [-0.25, -0.2) is 0 Å². The molecule has 2 amide bonds. The third-order valence-corrected chi connectivity index (χ3v) is 6.00. The number of hydrogen-bond acceptors (Lipinski definition) is 10. The summed E-state index contributed by atoms with van der Waals surface area (Å²) in [5.41, 5.74) is 0.607. The molecular weight excluding hydrogens is 496 g/mol. The van der Waals surface area contributed by atoms with Crippen LogP contribution in [0.15, 0.2) is 47.3 Å². The number of aromatic nitrogens is 3. The summed E-state index contributed by atoms with van der Waals surface area (Å²) in [6.07, 6.45) is 2.63. The van der Waals surface area contributed by atoms with Crippen LogP contribution in [0.4, 0.5) is 11.4 Å². The standard InChI is InChI=1S/C25H28N6O7/c32-22-12-11-21(24(33)27-22)30-25(34)23-19(5-3-6-20(23)28-29-30)26-13-1-2-14-37-15-4-16-38-18-9-7-17(8-10-18)31(35)36/h3,5-10,21,26H,1-2,4,11-16H2,(H,27,32,33). The van der Waals surface area contributed by atoms with Crippen molar-refractivity contribution < 1.29 is 24.0 Å². The van der Waals surface area contributed by atoms with Crippen LogP contribution < -0.4 is 20.9 Å². The van der Waals surface area contributed by atoms with Gasteiger partial charge in [0, 0.05) is 50.4 Å². The zero-order valence-corrected chi connectivity index (χ0v) is 20.6. The molecule has 13 heteroatoms. The Morgan fingerprint density at radius 1 is 1.05 bits per heavy atom. The molecule has 0 spiro atoms. The number of carbonyl (C=O) groups is 2. The molecule has 4 rings (SSSR count). The average Bonchev–Trinajstić information content (AvgIpc) is 2.90. The SMILES string of the molecule is O=C1CCC(n2nnc3cccc(NCCCCOCCCOc4ccc([N+](=O)[O-])cc4)c3c2=O)C(=O)N1. The molecule has 0 radical (unpaired) electrons. The van der Waals surface area contributed by atoms with Crippen LogP contribution in [0.1, 0.15) is 38.1 Å². The van der Waals surface area contributed by atoms with Crippen LogP contribution in [0.2, 0.25) is 0 Å². The molecular formula is C25H28N6O7. The van der Waals surface area contributed by atoms with E-state index in [1.807, 2.05) is 0 Å². The first kappa shape index (κ1) is 26.7. The monoisotopic (exact) mass is 524 g/mol. The minimum atomic E-state index is -0.873. The summed E-state index contributed by atoms with van der Waals surface area (Å²) in [5, 5.41) is 24.5. The predicted octanol–water partition coefficient (Wildman–Crippen LogP) is 2.36. The molecule has 1 unspecified atom stereocenters. The second-order valence-corrected chi connectivity index (χ2v) is 8.71. The molecule has 1 aliphatic heterocycles. The number of amides is 2. The zero-order chi connectivity index (χ0) is 26.9. The molecule has 2 aromatic carbocycles. The van der Waals surface area contributed by atoms with Crippen LogP contribution in [0, 0.1) is 10.1 Å². The molecule has 3 aromatic rings. The Bertz CT molecular complexity index is 1360. The normalized spacial score (nSPS) is 15.3. The Balaban J connectivity index is 1.18. The van der Waals surface area contributed by atoms with E-state index in [0.29, 0.717) is 55.1 Å². The third-order valence-electron chi connectivity index (χ3n) is 6.00. The van der Waals surface area contributed by atoms with Gasteiger partial charge < -0.3 is 14.8 Å². The van der Waals surface area contributed by atoms with Gasteiger partial charge in [-0.2, -0.15) is 4.68 Å². The van der Waals surface area contributed by atoms with Crippen LogP contribution >= 0.6 is 0 Å². The average molecular weight is 525 g/mol. The summed E-state index contributed by atoms with van der Waals surface area (Å²) >= 11 is 0. The quantitative estimate of drug-likeness (QED) is 0.147. The summed E-state index contributed by atoms with van der Waals surface area (Å²) in [6, 6.07) is 10.3. The van der Waals surface area contributed by atoms with Crippen molar-refractivity contribution in [3.8, 4) is 5.75 Å². The van der Waals surface area contributed by atoms with Crippen LogP contribution in [0.25, 0.3) is 10.9 Å². The first-order valence-electron chi connectivity index (χ1n) is 12.3. The maximum atomic E-state index is 13.2. The maximum absolute atomic E-state index is 13.2. The molecule has 0 bridgehead atoms. The van der Waals surface area contributed by atoms with Gasteiger partial charge in [-0.05, 0) is 43.5 Å². The summed E-state index contributed by atoms with van der Waals surface area (Å²) in [4.78, 5) is 47.0. The highest BCUT2D eigenvalue weighted by Crippen LogP contribution is 2.21.